The first-order valence-electron chi connectivity index (χ1n) is 7.47. The molecule has 0 radical (unpaired) electrons. The van der Waals surface area contributed by atoms with E-state index >= 15 is 0 Å². The number of hydrogen-bond acceptors (Lipinski definition) is 2. The second-order valence-corrected chi connectivity index (χ2v) is 6.84. The van der Waals surface area contributed by atoms with Crippen LogP contribution in [0.1, 0.15) is 45.7 Å². The van der Waals surface area contributed by atoms with Crippen molar-refractivity contribution in [1.82, 2.24) is 0 Å². The lowest BCUT2D eigenvalue weighted by atomic mass is 9.78. The van der Waals surface area contributed by atoms with Crippen LogP contribution in [-0.4, -0.2) is 18.3 Å². The van der Waals surface area contributed by atoms with Gasteiger partial charge < -0.3 is 9.31 Å². The van der Waals surface area contributed by atoms with Crippen LogP contribution < -0.4 is 0 Å². The molecule has 2 nitrogen and oxygen atoms in total. The average molecular weight is 314 g/mol. The molecule has 0 aromatic heterocycles. The Morgan fingerprint density at radius 1 is 1.05 bits per heavy atom. The van der Waals surface area contributed by atoms with Crippen molar-refractivity contribution in [2.24, 2.45) is 5.92 Å². The lowest BCUT2D eigenvalue weighted by molar-refractivity contribution is -0.137. The second kappa shape index (κ2) is 5.57. The molecule has 1 unspecified atom stereocenters. The van der Waals surface area contributed by atoms with Gasteiger partial charge in [-0.2, -0.15) is 13.2 Å². The third-order valence-electron chi connectivity index (χ3n) is 4.78. The minimum atomic E-state index is -4.31. The fourth-order valence-corrected chi connectivity index (χ4v) is 2.82. The molecule has 122 valence electrons. The number of halogens is 3. The van der Waals surface area contributed by atoms with Gasteiger partial charge in [-0.25, -0.2) is 0 Å². The molecule has 1 aromatic rings. The van der Waals surface area contributed by atoms with E-state index in [-0.39, 0.29) is 5.92 Å². The molecule has 1 fully saturated rings. The van der Waals surface area contributed by atoms with Crippen LogP contribution in [0, 0.1) is 5.92 Å². The molecule has 0 aliphatic carbocycles. The highest BCUT2D eigenvalue weighted by Crippen LogP contribution is 2.42. The van der Waals surface area contributed by atoms with Gasteiger partial charge in [-0.3, -0.25) is 0 Å². The van der Waals surface area contributed by atoms with E-state index in [0.29, 0.717) is 6.32 Å². The zero-order valence-electron chi connectivity index (χ0n) is 13.6. The largest absolute Gasteiger partial charge is 0.462 e. The SMILES string of the molecule is CC(C)C1(C)OB(Cc2ccc(C(F)(F)F)cc2)OC1(C)C. The zero-order chi connectivity index (χ0) is 16.8. The van der Waals surface area contributed by atoms with Crippen molar-refractivity contribution in [2.75, 3.05) is 0 Å². The minimum Gasteiger partial charge on any atom is -0.403 e. The highest BCUT2D eigenvalue weighted by atomic mass is 19.4. The third-order valence-corrected chi connectivity index (χ3v) is 4.78. The van der Waals surface area contributed by atoms with E-state index in [4.69, 9.17) is 9.31 Å². The van der Waals surface area contributed by atoms with Gasteiger partial charge in [0.15, 0.2) is 0 Å². The van der Waals surface area contributed by atoms with E-state index in [9.17, 15) is 13.2 Å². The number of benzene rings is 1. The summed E-state index contributed by atoms with van der Waals surface area (Å²) < 4.78 is 49.8. The van der Waals surface area contributed by atoms with E-state index < -0.39 is 30.1 Å². The molecule has 1 heterocycles. The first-order chi connectivity index (χ1) is 9.96. The molecule has 0 saturated carbocycles. The van der Waals surface area contributed by atoms with Crippen LogP contribution in [0.4, 0.5) is 13.2 Å². The molecular weight excluding hydrogens is 292 g/mol. The quantitative estimate of drug-likeness (QED) is 0.764. The van der Waals surface area contributed by atoms with Crippen molar-refractivity contribution in [3.63, 3.8) is 0 Å². The topological polar surface area (TPSA) is 18.5 Å². The summed E-state index contributed by atoms with van der Waals surface area (Å²) in [5.74, 6) is 0.264. The molecule has 2 rings (SSSR count). The van der Waals surface area contributed by atoms with Crippen molar-refractivity contribution in [3.05, 3.63) is 35.4 Å². The van der Waals surface area contributed by atoms with Gasteiger partial charge in [0.1, 0.15) is 0 Å². The Morgan fingerprint density at radius 3 is 2.00 bits per heavy atom. The van der Waals surface area contributed by atoms with Crippen LogP contribution in [0.25, 0.3) is 0 Å². The summed E-state index contributed by atoms with van der Waals surface area (Å²) >= 11 is 0. The van der Waals surface area contributed by atoms with Gasteiger partial charge in [0.05, 0.1) is 16.8 Å². The summed E-state index contributed by atoms with van der Waals surface area (Å²) in [7, 11) is -0.445. The summed E-state index contributed by atoms with van der Waals surface area (Å²) in [4.78, 5) is 0. The molecule has 1 saturated heterocycles. The smallest absolute Gasteiger partial charge is 0.403 e. The molecule has 1 atom stereocenters. The standard InChI is InChI=1S/C16H22BF3O2/c1-11(2)15(5)14(3,4)21-17(22-15)10-12-6-8-13(9-7-12)16(18,19)20/h6-9,11H,10H2,1-5H3. The highest BCUT2D eigenvalue weighted by molar-refractivity contribution is 6.45. The first kappa shape index (κ1) is 17.4. The van der Waals surface area contributed by atoms with Gasteiger partial charge in [0, 0.05) is 6.32 Å². The Balaban J connectivity index is 2.10. The summed E-state index contributed by atoms with van der Waals surface area (Å²) in [6.45, 7) is 10.1. The fourth-order valence-electron chi connectivity index (χ4n) is 2.82. The van der Waals surface area contributed by atoms with Crippen molar-refractivity contribution in [2.45, 2.75) is 58.3 Å². The van der Waals surface area contributed by atoms with Crippen LogP contribution in [-0.2, 0) is 21.8 Å². The third kappa shape index (κ3) is 3.18. The summed E-state index contributed by atoms with van der Waals surface area (Å²) in [6, 6.07) is 5.15. The van der Waals surface area contributed by atoms with Crippen molar-refractivity contribution in [1.29, 1.82) is 0 Å². The van der Waals surface area contributed by atoms with Crippen molar-refractivity contribution in [3.8, 4) is 0 Å². The molecule has 0 bridgehead atoms. The molecule has 1 aliphatic heterocycles. The van der Waals surface area contributed by atoms with Crippen LogP contribution in [0.3, 0.4) is 0 Å². The Labute approximate surface area is 130 Å². The van der Waals surface area contributed by atoms with E-state index in [1.54, 1.807) is 0 Å². The lowest BCUT2D eigenvalue weighted by Gasteiger charge is -2.39. The zero-order valence-corrected chi connectivity index (χ0v) is 13.6. The Kier molecular flexibility index (Phi) is 4.39. The van der Waals surface area contributed by atoms with Gasteiger partial charge in [-0.05, 0) is 44.4 Å². The summed E-state index contributed by atoms with van der Waals surface area (Å²) in [6.07, 6.45) is -3.87. The Hall–Kier alpha value is -1.01. The predicted octanol–water partition coefficient (Wildman–Crippen LogP) is 4.52. The molecule has 1 aromatic carbocycles. The maximum absolute atomic E-state index is 12.6. The van der Waals surface area contributed by atoms with Gasteiger partial charge >= 0.3 is 13.3 Å². The Morgan fingerprint density at radius 2 is 1.59 bits per heavy atom. The van der Waals surface area contributed by atoms with E-state index in [1.165, 1.54) is 12.1 Å². The maximum Gasteiger partial charge on any atom is 0.462 e. The minimum absolute atomic E-state index is 0.264. The molecule has 0 spiro atoms. The van der Waals surface area contributed by atoms with Crippen molar-refractivity contribution < 1.29 is 22.5 Å². The molecule has 22 heavy (non-hydrogen) atoms. The van der Waals surface area contributed by atoms with Gasteiger partial charge in [0.2, 0.25) is 0 Å². The summed E-state index contributed by atoms with van der Waals surface area (Å²) in [5.41, 5.74) is -0.750. The number of alkyl halides is 3. The Bertz CT molecular complexity index is 525. The van der Waals surface area contributed by atoms with Crippen LogP contribution in [0.15, 0.2) is 24.3 Å². The number of hydrogen-bond donors (Lipinski definition) is 0. The van der Waals surface area contributed by atoms with E-state index in [1.807, 2.05) is 20.8 Å². The highest BCUT2D eigenvalue weighted by Gasteiger charge is 2.55. The maximum atomic E-state index is 12.6. The van der Waals surface area contributed by atoms with Crippen molar-refractivity contribution >= 4 is 7.12 Å². The van der Waals surface area contributed by atoms with E-state index in [0.717, 1.165) is 17.7 Å². The normalized spacial score (nSPS) is 25.0. The molecule has 1 aliphatic rings. The molecule has 0 N–H and O–H groups in total. The first-order valence-corrected chi connectivity index (χ1v) is 7.47. The summed E-state index contributed by atoms with van der Waals surface area (Å²) in [5, 5.41) is 0. The molecule has 0 amide bonds. The average Bonchev–Trinajstić information content (AvgIpc) is 2.59. The van der Waals surface area contributed by atoms with Gasteiger partial charge in [-0.15, -0.1) is 0 Å². The fraction of sp³-hybridized carbons (Fsp3) is 0.625. The van der Waals surface area contributed by atoms with Crippen LogP contribution in [0.5, 0.6) is 0 Å². The van der Waals surface area contributed by atoms with Crippen LogP contribution >= 0.6 is 0 Å². The molecule has 6 heteroatoms. The second-order valence-electron chi connectivity index (χ2n) is 6.84. The van der Waals surface area contributed by atoms with Gasteiger partial charge in [-0.1, -0.05) is 26.0 Å². The molecular formula is C16H22BF3O2. The lowest BCUT2D eigenvalue weighted by Crippen LogP contribution is -2.48. The number of rotatable bonds is 3. The predicted molar refractivity (Wildman–Crippen MR) is 80.4 cm³/mol. The van der Waals surface area contributed by atoms with E-state index in [2.05, 4.69) is 13.8 Å². The van der Waals surface area contributed by atoms with Gasteiger partial charge in [0.25, 0.3) is 0 Å². The van der Waals surface area contributed by atoms with Crippen LogP contribution in [0.2, 0.25) is 0 Å². The monoisotopic (exact) mass is 314 g/mol.